The number of allylic oxidation sites excluding steroid dienone is 1. The summed E-state index contributed by atoms with van der Waals surface area (Å²) < 4.78 is 0. The molecule has 0 spiro atoms. The molecule has 0 heterocycles. The number of non-ortho nitro benzene ring substituents is 1. The fourth-order valence-electron chi connectivity index (χ4n) is 2.71. The number of aryl methyl sites for hydroxylation is 2. The van der Waals surface area contributed by atoms with Gasteiger partial charge in [-0.1, -0.05) is 36.4 Å². The fourth-order valence-corrected chi connectivity index (χ4v) is 2.71. The highest BCUT2D eigenvalue weighted by molar-refractivity contribution is 6.11. The number of para-hydroxylation sites is 2. The van der Waals surface area contributed by atoms with Crippen molar-refractivity contribution < 1.29 is 4.92 Å². The van der Waals surface area contributed by atoms with Gasteiger partial charge in [0.1, 0.15) is 0 Å². The molecule has 3 rings (SSSR count). The maximum atomic E-state index is 10.9. The van der Waals surface area contributed by atoms with E-state index in [0.29, 0.717) is 0 Å². The summed E-state index contributed by atoms with van der Waals surface area (Å²) >= 11 is 0. The fraction of sp³-hybridized carbons (Fsp3) is 0.0870. The van der Waals surface area contributed by atoms with Gasteiger partial charge in [-0.05, 0) is 54.8 Å². The van der Waals surface area contributed by atoms with Crippen LogP contribution in [-0.4, -0.2) is 11.1 Å². The van der Waals surface area contributed by atoms with Gasteiger partial charge >= 0.3 is 0 Å². The SMILES string of the molecule is Cc1ccccc1N=CC(=CNc1ccccc1C)c1ccc([N+](=O)[O-])cc1. The van der Waals surface area contributed by atoms with Crippen LogP contribution in [0.25, 0.3) is 5.57 Å². The van der Waals surface area contributed by atoms with Crippen molar-refractivity contribution in [1.82, 2.24) is 0 Å². The lowest BCUT2D eigenvalue weighted by Gasteiger charge is -2.08. The Morgan fingerprint density at radius 1 is 0.929 bits per heavy atom. The van der Waals surface area contributed by atoms with Crippen LogP contribution in [0.1, 0.15) is 16.7 Å². The van der Waals surface area contributed by atoms with E-state index in [-0.39, 0.29) is 5.69 Å². The number of benzene rings is 3. The number of rotatable bonds is 6. The second-order valence-electron chi connectivity index (χ2n) is 6.41. The van der Waals surface area contributed by atoms with E-state index >= 15 is 0 Å². The number of nitro benzene ring substituents is 1. The Labute approximate surface area is 164 Å². The first-order chi connectivity index (χ1) is 13.5. The van der Waals surface area contributed by atoms with Crippen molar-refractivity contribution in [1.29, 1.82) is 0 Å². The maximum absolute atomic E-state index is 10.9. The molecule has 140 valence electrons. The minimum absolute atomic E-state index is 0.0609. The molecule has 5 heteroatoms. The average molecular weight is 371 g/mol. The Kier molecular flexibility index (Phi) is 5.97. The van der Waals surface area contributed by atoms with Gasteiger partial charge in [-0.3, -0.25) is 15.1 Å². The Morgan fingerprint density at radius 2 is 1.57 bits per heavy atom. The predicted octanol–water partition coefficient (Wildman–Crippen LogP) is 6.07. The van der Waals surface area contributed by atoms with Crippen molar-refractivity contribution >= 4 is 28.8 Å². The smallest absolute Gasteiger partial charge is 0.269 e. The minimum Gasteiger partial charge on any atom is -0.361 e. The zero-order valence-corrected chi connectivity index (χ0v) is 15.8. The van der Waals surface area contributed by atoms with Crippen LogP contribution in [-0.2, 0) is 0 Å². The van der Waals surface area contributed by atoms with E-state index in [0.717, 1.165) is 33.6 Å². The quantitative estimate of drug-likeness (QED) is 0.325. The van der Waals surface area contributed by atoms with Crippen LogP contribution >= 0.6 is 0 Å². The summed E-state index contributed by atoms with van der Waals surface area (Å²) in [6.07, 6.45) is 3.64. The summed E-state index contributed by atoms with van der Waals surface area (Å²) in [7, 11) is 0. The summed E-state index contributed by atoms with van der Waals surface area (Å²) in [5, 5.41) is 14.2. The van der Waals surface area contributed by atoms with Crippen LogP contribution in [0.5, 0.6) is 0 Å². The molecule has 0 atom stereocenters. The summed E-state index contributed by atoms with van der Waals surface area (Å²) in [4.78, 5) is 15.1. The van der Waals surface area contributed by atoms with Gasteiger partial charge in [0.15, 0.2) is 0 Å². The van der Waals surface area contributed by atoms with E-state index in [1.807, 2.05) is 68.6 Å². The molecule has 28 heavy (non-hydrogen) atoms. The molecule has 0 aliphatic heterocycles. The number of nitro groups is 1. The number of hydrogen-bond acceptors (Lipinski definition) is 4. The van der Waals surface area contributed by atoms with Gasteiger partial charge in [0.2, 0.25) is 0 Å². The molecule has 0 fully saturated rings. The van der Waals surface area contributed by atoms with Gasteiger partial charge in [0.25, 0.3) is 5.69 Å². The number of nitrogens with one attached hydrogen (secondary N) is 1. The monoisotopic (exact) mass is 371 g/mol. The van der Waals surface area contributed by atoms with Crippen molar-refractivity contribution in [2.75, 3.05) is 5.32 Å². The third kappa shape index (κ3) is 4.71. The van der Waals surface area contributed by atoms with Gasteiger partial charge in [-0.2, -0.15) is 0 Å². The zero-order valence-electron chi connectivity index (χ0n) is 15.8. The number of anilines is 1. The molecule has 0 aliphatic carbocycles. The van der Waals surface area contributed by atoms with Crippen LogP contribution in [0.15, 0.2) is 84.0 Å². The number of aliphatic imine (C=N–C) groups is 1. The number of hydrogen-bond donors (Lipinski definition) is 1. The Morgan fingerprint density at radius 3 is 2.21 bits per heavy atom. The highest BCUT2D eigenvalue weighted by Gasteiger charge is 2.07. The van der Waals surface area contributed by atoms with Crippen molar-refractivity contribution in [2.45, 2.75) is 13.8 Å². The van der Waals surface area contributed by atoms with Crippen LogP contribution < -0.4 is 5.32 Å². The lowest BCUT2D eigenvalue weighted by atomic mass is 10.1. The Hall–Kier alpha value is -3.73. The molecule has 0 saturated carbocycles. The van der Waals surface area contributed by atoms with Gasteiger partial charge in [0.05, 0.1) is 10.6 Å². The second-order valence-corrected chi connectivity index (χ2v) is 6.41. The van der Waals surface area contributed by atoms with Gasteiger partial charge in [0, 0.05) is 35.8 Å². The summed E-state index contributed by atoms with van der Waals surface area (Å²) in [6, 6.07) is 22.3. The van der Waals surface area contributed by atoms with E-state index in [2.05, 4.69) is 10.3 Å². The number of nitrogens with zero attached hydrogens (tertiary/aromatic N) is 2. The third-order valence-electron chi connectivity index (χ3n) is 4.40. The van der Waals surface area contributed by atoms with Crippen molar-refractivity contribution in [3.63, 3.8) is 0 Å². The lowest BCUT2D eigenvalue weighted by molar-refractivity contribution is -0.384. The summed E-state index contributed by atoms with van der Waals surface area (Å²) in [5.74, 6) is 0. The second kappa shape index (κ2) is 8.77. The normalized spacial score (nSPS) is 11.6. The van der Waals surface area contributed by atoms with Crippen LogP contribution in [0, 0.1) is 24.0 Å². The van der Waals surface area contributed by atoms with Crippen LogP contribution in [0.3, 0.4) is 0 Å². The molecule has 0 radical (unpaired) electrons. The third-order valence-corrected chi connectivity index (χ3v) is 4.40. The maximum Gasteiger partial charge on any atom is 0.269 e. The molecule has 0 saturated heterocycles. The Balaban J connectivity index is 1.95. The average Bonchev–Trinajstić information content (AvgIpc) is 2.70. The van der Waals surface area contributed by atoms with Crippen LogP contribution in [0.4, 0.5) is 17.1 Å². The molecule has 0 aromatic heterocycles. The summed E-state index contributed by atoms with van der Waals surface area (Å²) in [6.45, 7) is 4.04. The molecule has 0 amide bonds. The molecule has 1 N–H and O–H groups in total. The van der Waals surface area contributed by atoms with Gasteiger partial charge in [-0.25, -0.2) is 0 Å². The zero-order chi connectivity index (χ0) is 19.9. The van der Waals surface area contributed by atoms with E-state index in [1.165, 1.54) is 12.1 Å². The van der Waals surface area contributed by atoms with E-state index < -0.39 is 4.92 Å². The molecule has 3 aromatic rings. The first-order valence-electron chi connectivity index (χ1n) is 8.91. The highest BCUT2D eigenvalue weighted by Crippen LogP contribution is 2.22. The topological polar surface area (TPSA) is 67.5 Å². The molecule has 3 aromatic carbocycles. The van der Waals surface area contributed by atoms with Gasteiger partial charge in [-0.15, -0.1) is 0 Å². The van der Waals surface area contributed by atoms with Crippen LogP contribution in [0.2, 0.25) is 0 Å². The molecule has 0 aliphatic rings. The molecule has 0 unspecified atom stereocenters. The molecular weight excluding hydrogens is 350 g/mol. The van der Waals surface area contributed by atoms with E-state index in [4.69, 9.17) is 0 Å². The van der Waals surface area contributed by atoms with Crippen molar-refractivity contribution in [3.8, 4) is 0 Å². The minimum atomic E-state index is -0.403. The Bertz CT molecular complexity index is 1040. The van der Waals surface area contributed by atoms with Gasteiger partial charge < -0.3 is 5.32 Å². The molecule has 0 bridgehead atoms. The van der Waals surface area contributed by atoms with Crippen molar-refractivity contribution in [2.24, 2.45) is 4.99 Å². The standard InChI is InChI=1S/C23H21N3O2/c1-17-7-3-5-9-22(17)24-15-20(16-25-23-10-6-4-8-18(23)2)19-11-13-21(14-12-19)26(27)28/h3-16,24H,1-2H3. The summed E-state index contributed by atoms with van der Waals surface area (Å²) in [5.41, 5.74) is 5.79. The molecular formula is C23H21N3O2. The molecule has 5 nitrogen and oxygen atoms in total. The van der Waals surface area contributed by atoms with E-state index in [1.54, 1.807) is 18.3 Å². The van der Waals surface area contributed by atoms with Crippen molar-refractivity contribution in [3.05, 3.63) is 106 Å². The highest BCUT2D eigenvalue weighted by atomic mass is 16.6. The van der Waals surface area contributed by atoms with E-state index in [9.17, 15) is 10.1 Å². The lowest BCUT2D eigenvalue weighted by Crippen LogP contribution is -1.96. The predicted molar refractivity (Wildman–Crippen MR) is 115 cm³/mol. The first kappa shape index (κ1) is 19.0. The first-order valence-corrected chi connectivity index (χ1v) is 8.91. The largest absolute Gasteiger partial charge is 0.361 e.